The van der Waals surface area contributed by atoms with E-state index < -0.39 is 0 Å². The van der Waals surface area contributed by atoms with Gasteiger partial charge in [-0.25, -0.2) is 0 Å². The van der Waals surface area contributed by atoms with Crippen LogP contribution in [0.15, 0.2) is 24.3 Å². The molecule has 278 valence electrons. The van der Waals surface area contributed by atoms with Crippen molar-refractivity contribution in [1.82, 2.24) is 4.90 Å². The Bertz CT molecular complexity index is 745. The molecule has 0 aliphatic heterocycles. The van der Waals surface area contributed by atoms with Crippen LogP contribution in [0, 0.1) is 47.3 Å². The Morgan fingerprint density at radius 3 is 1.30 bits per heavy atom. The van der Waals surface area contributed by atoms with Gasteiger partial charge in [-0.3, -0.25) is 0 Å². The first-order chi connectivity index (χ1) is 22.4. The summed E-state index contributed by atoms with van der Waals surface area (Å²) in [7, 11) is 2.32. The Kier molecular flexibility index (Phi) is 25.7. The first kappa shape index (κ1) is 44.5. The lowest BCUT2D eigenvalue weighted by molar-refractivity contribution is 0.268. The van der Waals surface area contributed by atoms with E-state index in [1.54, 1.807) is 11.1 Å². The quantitative estimate of drug-likeness (QED) is 0.0935. The summed E-state index contributed by atoms with van der Waals surface area (Å²) in [6.45, 7) is 30.2. The summed E-state index contributed by atoms with van der Waals surface area (Å²) in [5.41, 5.74) is 3.11. The predicted molar refractivity (Wildman–Crippen MR) is 215 cm³/mol. The van der Waals surface area contributed by atoms with Crippen LogP contribution in [0.25, 0.3) is 0 Å². The van der Waals surface area contributed by atoms with Crippen molar-refractivity contribution in [3.63, 3.8) is 0 Å². The highest BCUT2D eigenvalue weighted by Gasteiger charge is 2.24. The molecular formula is C46H89N. The third kappa shape index (κ3) is 23.5. The third-order valence-electron chi connectivity index (χ3n) is 12.0. The van der Waals surface area contributed by atoms with E-state index in [4.69, 9.17) is 0 Å². The number of hydrogen-bond acceptors (Lipinski definition) is 1. The van der Waals surface area contributed by atoms with Crippen molar-refractivity contribution in [3.05, 3.63) is 24.3 Å². The second-order valence-corrected chi connectivity index (χ2v) is 18.1. The van der Waals surface area contributed by atoms with Crippen LogP contribution in [-0.4, -0.2) is 25.0 Å². The van der Waals surface area contributed by atoms with Crippen LogP contribution in [0.4, 0.5) is 0 Å². The maximum absolute atomic E-state index is 4.56. The van der Waals surface area contributed by atoms with Gasteiger partial charge >= 0.3 is 0 Å². The number of allylic oxidation sites excluding steroid dienone is 2. The van der Waals surface area contributed by atoms with Crippen LogP contribution in [0.2, 0.25) is 0 Å². The van der Waals surface area contributed by atoms with Crippen molar-refractivity contribution in [2.45, 2.75) is 203 Å². The number of nitrogens with zero attached hydrogens (tertiary/aromatic N) is 1. The zero-order valence-electron chi connectivity index (χ0n) is 34.2. The van der Waals surface area contributed by atoms with Gasteiger partial charge in [0.15, 0.2) is 0 Å². The van der Waals surface area contributed by atoms with E-state index in [1.165, 1.54) is 161 Å². The molecule has 0 bridgehead atoms. The molecule has 0 spiro atoms. The normalized spacial score (nSPS) is 22.5. The van der Waals surface area contributed by atoms with Gasteiger partial charge in [-0.05, 0) is 145 Å². The molecule has 2 aliphatic rings. The molecule has 0 N–H and O–H groups in total. The van der Waals surface area contributed by atoms with Gasteiger partial charge in [0.1, 0.15) is 0 Å². The monoisotopic (exact) mass is 656 g/mol. The van der Waals surface area contributed by atoms with Gasteiger partial charge in [0, 0.05) is 0 Å². The minimum Gasteiger partial charge on any atom is -0.306 e. The topological polar surface area (TPSA) is 3.24 Å². The summed E-state index contributed by atoms with van der Waals surface area (Å²) in [5, 5.41) is 0. The molecule has 1 nitrogen and oxygen atoms in total. The van der Waals surface area contributed by atoms with E-state index in [1.807, 2.05) is 0 Å². The first-order valence-electron chi connectivity index (χ1n) is 21.4. The largest absolute Gasteiger partial charge is 0.306 e. The van der Waals surface area contributed by atoms with Gasteiger partial charge in [-0.2, -0.15) is 0 Å². The van der Waals surface area contributed by atoms with E-state index in [0.29, 0.717) is 0 Å². The molecule has 2 aliphatic carbocycles. The van der Waals surface area contributed by atoms with E-state index in [2.05, 4.69) is 80.5 Å². The van der Waals surface area contributed by atoms with Crippen molar-refractivity contribution in [1.29, 1.82) is 0 Å². The van der Waals surface area contributed by atoms with Crippen LogP contribution < -0.4 is 0 Å². The van der Waals surface area contributed by atoms with Crippen molar-refractivity contribution >= 4 is 0 Å². The highest BCUT2D eigenvalue weighted by atomic mass is 15.1. The summed E-state index contributed by atoms with van der Waals surface area (Å²) in [6.07, 6.45) is 32.2. The average molecular weight is 656 g/mol. The predicted octanol–water partition coefficient (Wildman–Crippen LogP) is 15.1. The zero-order chi connectivity index (χ0) is 35.0. The van der Waals surface area contributed by atoms with E-state index in [0.717, 1.165) is 47.3 Å². The van der Waals surface area contributed by atoms with Crippen LogP contribution >= 0.6 is 0 Å². The molecule has 0 heterocycles. The standard InChI is InChI=1S/C40H75N.C6H14/c1-32(2)14-9-16-34(5)17-11-21-38-24-28-40(29-25-38)36(7)19-13-31-41(8)30-12-18-35(6)39-26-22-37(23-27-39)20-10-15-33(3)4;1-4-5-6(2)3/h32-34,37-40H,6-7,9-31H2,1-5,8H3;6H,4-5H2,1-3H3. The molecule has 2 fully saturated rings. The fraction of sp³-hybridized carbons (Fsp3) is 0.913. The van der Waals surface area contributed by atoms with Crippen molar-refractivity contribution in [2.24, 2.45) is 47.3 Å². The fourth-order valence-corrected chi connectivity index (χ4v) is 8.56. The van der Waals surface area contributed by atoms with Crippen molar-refractivity contribution in [3.8, 4) is 0 Å². The molecule has 0 amide bonds. The zero-order valence-corrected chi connectivity index (χ0v) is 34.2. The third-order valence-corrected chi connectivity index (χ3v) is 12.0. The highest BCUT2D eigenvalue weighted by molar-refractivity contribution is 5.03. The molecule has 1 unspecified atom stereocenters. The Balaban J connectivity index is 0.00000167. The first-order valence-corrected chi connectivity index (χ1v) is 21.4. The molecule has 0 radical (unpaired) electrons. The van der Waals surface area contributed by atoms with E-state index in [9.17, 15) is 0 Å². The summed E-state index contributed by atoms with van der Waals surface area (Å²) in [6, 6.07) is 0. The average Bonchev–Trinajstić information content (AvgIpc) is 3.01. The number of rotatable bonds is 24. The maximum Gasteiger partial charge on any atom is -0.00187 e. The van der Waals surface area contributed by atoms with E-state index in [-0.39, 0.29) is 0 Å². The van der Waals surface area contributed by atoms with Crippen molar-refractivity contribution in [2.75, 3.05) is 20.1 Å². The fourth-order valence-electron chi connectivity index (χ4n) is 8.56. The molecule has 0 saturated heterocycles. The van der Waals surface area contributed by atoms with E-state index >= 15 is 0 Å². The second-order valence-electron chi connectivity index (χ2n) is 18.1. The Morgan fingerprint density at radius 2 is 0.915 bits per heavy atom. The molecule has 47 heavy (non-hydrogen) atoms. The number of hydrogen-bond donors (Lipinski definition) is 0. The van der Waals surface area contributed by atoms with Crippen LogP contribution in [0.5, 0.6) is 0 Å². The molecule has 0 aromatic heterocycles. The lowest BCUT2D eigenvalue weighted by Crippen LogP contribution is -2.22. The summed E-state index contributed by atoms with van der Waals surface area (Å²) >= 11 is 0. The minimum absolute atomic E-state index is 0.806. The lowest BCUT2D eigenvalue weighted by atomic mass is 9.76. The summed E-state index contributed by atoms with van der Waals surface area (Å²) in [4.78, 5) is 2.56. The van der Waals surface area contributed by atoms with Gasteiger partial charge in [0.2, 0.25) is 0 Å². The Morgan fingerprint density at radius 1 is 0.532 bits per heavy atom. The molecule has 1 heteroatoms. The summed E-state index contributed by atoms with van der Waals surface area (Å²) < 4.78 is 0. The maximum atomic E-state index is 4.56. The summed E-state index contributed by atoms with van der Waals surface area (Å²) in [5.74, 6) is 7.16. The molecular weight excluding hydrogens is 567 g/mol. The van der Waals surface area contributed by atoms with Crippen LogP contribution in [0.3, 0.4) is 0 Å². The molecule has 0 aromatic carbocycles. The van der Waals surface area contributed by atoms with Gasteiger partial charge < -0.3 is 4.90 Å². The SMILES string of the molecule is C=C(CCCN(C)CCCC(=C)C1CCC(CCCC(C)CCCC(C)C)CC1)C1CCC(CCCC(C)C)CC1.CCCC(C)C. The lowest BCUT2D eigenvalue weighted by Gasteiger charge is -2.30. The van der Waals surface area contributed by atoms with Crippen LogP contribution in [-0.2, 0) is 0 Å². The van der Waals surface area contributed by atoms with Crippen molar-refractivity contribution < 1.29 is 0 Å². The molecule has 2 rings (SSSR count). The molecule has 2 saturated carbocycles. The minimum atomic E-state index is 0.806. The highest BCUT2D eigenvalue weighted by Crippen LogP contribution is 2.38. The molecule has 0 aromatic rings. The molecule has 1 atom stereocenters. The Hall–Kier alpha value is -0.560. The Labute approximate surface area is 299 Å². The van der Waals surface area contributed by atoms with Gasteiger partial charge in [-0.15, -0.1) is 0 Å². The van der Waals surface area contributed by atoms with Crippen LogP contribution in [0.1, 0.15) is 203 Å². The van der Waals surface area contributed by atoms with Gasteiger partial charge in [0.05, 0.1) is 0 Å². The smallest absolute Gasteiger partial charge is 0.00187 e. The second kappa shape index (κ2) is 27.2. The van der Waals surface area contributed by atoms with Gasteiger partial charge in [0.25, 0.3) is 0 Å². The van der Waals surface area contributed by atoms with Gasteiger partial charge in [-0.1, -0.05) is 150 Å².